The maximum absolute atomic E-state index is 5.70. The summed E-state index contributed by atoms with van der Waals surface area (Å²) in [6.45, 7) is 4.97. The lowest BCUT2D eigenvalue weighted by Crippen LogP contribution is -3.00. The van der Waals surface area contributed by atoms with E-state index in [4.69, 9.17) is 11.6 Å². The number of hydrogen-bond donors (Lipinski definition) is 0. The van der Waals surface area contributed by atoms with Crippen LogP contribution in [0.5, 0.6) is 0 Å². The van der Waals surface area contributed by atoms with Crippen LogP contribution in [0, 0.1) is 0 Å². The van der Waals surface area contributed by atoms with Gasteiger partial charge in [-0.05, 0) is 32.1 Å². The van der Waals surface area contributed by atoms with Crippen molar-refractivity contribution in [3.63, 3.8) is 0 Å². The Morgan fingerprint density at radius 1 is 0.619 bits per heavy atom. The van der Waals surface area contributed by atoms with Crippen LogP contribution in [0.15, 0.2) is 0 Å². The van der Waals surface area contributed by atoms with Crippen molar-refractivity contribution >= 4 is 11.6 Å². The number of alkyl halides is 1. The molecule has 0 radical (unpaired) electrons. The van der Waals surface area contributed by atoms with E-state index >= 15 is 0 Å². The number of rotatable bonds is 15. The van der Waals surface area contributed by atoms with E-state index in [0.717, 1.165) is 5.88 Å². The largest absolute Gasteiger partial charge is 1.00 e. The molecular formula is C18H39BrClN. The van der Waals surface area contributed by atoms with Crippen molar-refractivity contribution in [1.29, 1.82) is 0 Å². The molecular weight excluding hydrogens is 346 g/mol. The molecule has 0 aliphatic heterocycles. The molecule has 130 valence electrons. The molecule has 0 amide bonds. The van der Waals surface area contributed by atoms with Crippen LogP contribution in [0.1, 0.15) is 84.0 Å². The van der Waals surface area contributed by atoms with Crippen LogP contribution < -0.4 is 17.0 Å². The molecule has 0 aromatic heterocycles. The molecule has 0 aromatic carbocycles. The minimum Gasteiger partial charge on any atom is -1.00 e. The van der Waals surface area contributed by atoms with Gasteiger partial charge in [0.15, 0.2) is 0 Å². The van der Waals surface area contributed by atoms with Gasteiger partial charge in [0.2, 0.25) is 0 Å². The van der Waals surface area contributed by atoms with E-state index in [1.807, 2.05) is 0 Å². The third-order valence-electron chi connectivity index (χ3n) is 4.26. The van der Waals surface area contributed by atoms with Gasteiger partial charge in [-0.1, -0.05) is 51.9 Å². The van der Waals surface area contributed by atoms with Crippen LogP contribution in [0.25, 0.3) is 0 Å². The molecule has 3 heteroatoms. The highest BCUT2D eigenvalue weighted by molar-refractivity contribution is 6.17. The zero-order valence-electron chi connectivity index (χ0n) is 14.8. The number of hydrogen-bond acceptors (Lipinski definition) is 0. The monoisotopic (exact) mass is 383 g/mol. The number of quaternary nitrogens is 1. The van der Waals surface area contributed by atoms with Crippen LogP contribution >= 0.6 is 11.6 Å². The minimum atomic E-state index is 0. The Kier molecular flexibility index (Phi) is 19.5. The molecule has 0 fully saturated rings. The van der Waals surface area contributed by atoms with Gasteiger partial charge < -0.3 is 21.5 Å². The standard InChI is InChI=1S/C18H39ClN.BrH/c1-4-5-6-7-8-9-11-14-17-20(2,3)18-15-12-10-13-16-19;/h4-18H2,1-3H3;1H/q+1;/p-1. The highest BCUT2D eigenvalue weighted by Crippen LogP contribution is 2.11. The Morgan fingerprint density at radius 3 is 1.43 bits per heavy atom. The topological polar surface area (TPSA) is 0 Å². The Labute approximate surface area is 150 Å². The van der Waals surface area contributed by atoms with Crippen molar-refractivity contribution in [2.75, 3.05) is 33.1 Å². The van der Waals surface area contributed by atoms with Crippen molar-refractivity contribution in [1.82, 2.24) is 0 Å². The second kappa shape index (κ2) is 17.1. The summed E-state index contributed by atoms with van der Waals surface area (Å²) >= 11 is 5.70. The third-order valence-corrected chi connectivity index (χ3v) is 4.53. The second-order valence-electron chi connectivity index (χ2n) is 6.96. The molecule has 0 saturated carbocycles. The van der Waals surface area contributed by atoms with Crippen LogP contribution in [0.2, 0.25) is 0 Å². The number of halogens is 2. The Balaban J connectivity index is 0. The molecule has 0 N–H and O–H groups in total. The lowest BCUT2D eigenvalue weighted by atomic mass is 10.1. The molecule has 1 nitrogen and oxygen atoms in total. The van der Waals surface area contributed by atoms with Crippen molar-refractivity contribution in [3.8, 4) is 0 Å². The molecule has 0 atom stereocenters. The molecule has 21 heavy (non-hydrogen) atoms. The molecule has 0 spiro atoms. The SMILES string of the molecule is CCCCCCCCCC[N+](C)(C)CCCCCCCl.[Br-]. The predicted molar refractivity (Wildman–Crippen MR) is 93.6 cm³/mol. The van der Waals surface area contributed by atoms with Gasteiger partial charge in [0, 0.05) is 5.88 Å². The molecule has 0 heterocycles. The number of nitrogens with zero attached hydrogens (tertiary/aromatic N) is 1. The van der Waals surface area contributed by atoms with Crippen molar-refractivity contribution in [3.05, 3.63) is 0 Å². The van der Waals surface area contributed by atoms with E-state index in [9.17, 15) is 0 Å². The van der Waals surface area contributed by atoms with E-state index < -0.39 is 0 Å². The van der Waals surface area contributed by atoms with Gasteiger partial charge in [-0.25, -0.2) is 0 Å². The first-order valence-corrected chi connectivity index (χ1v) is 9.54. The quantitative estimate of drug-likeness (QED) is 0.231. The molecule has 0 aromatic rings. The normalized spacial score (nSPS) is 11.4. The summed E-state index contributed by atoms with van der Waals surface area (Å²) in [5.74, 6) is 0.830. The average molecular weight is 385 g/mol. The van der Waals surface area contributed by atoms with Gasteiger partial charge in [-0.2, -0.15) is 0 Å². The minimum absolute atomic E-state index is 0. The maximum atomic E-state index is 5.70. The predicted octanol–water partition coefficient (Wildman–Crippen LogP) is 3.01. The summed E-state index contributed by atoms with van der Waals surface area (Å²) < 4.78 is 1.21. The summed E-state index contributed by atoms with van der Waals surface area (Å²) in [4.78, 5) is 0. The van der Waals surface area contributed by atoms with Crippen LogP contribution in [0.4, 0.5) is 0 Å². The summed E-state index contributed by atoms with van der Waals surface area (Å²) in [7, 11) is 4.78. The van der Waals surface area contributed by atoms with Gasteiger partial charge in [-0.3, -0.25) is 0 Å². The lowest BCUT2D eigenvalue weighted by molar-refractivity contribution is -0.890. The third kappa shape index (κ3) is 18.7. The molecule has 0 aliphatic carbocycles. The van der Waals surface area contributed by atoms with E-state index in [1.54, 1.807) is 0 Å². The highest BCUT2D eigenvalue weighted by Gasteiger charge is 2.13. The highest BCUT2D eigenvalue weighted by atomic mass is 79.9. The summed E-state index contributed by atoms with van der Waals surface area (Å²) in [6.07, 6.45) is 16.6. The molecule has 0 saturated heterocycles. The first-order chi connectivity index (χ1) is 9.62. The van der Waals surface area contributed by atoms with Crippen LogP contribution in [0.3, 0.4) is 0 Å². The van der Waals surface area contributed by atoms with E-state index in [-0.39, 0.29) is 17.0 Å². The summed E-state index contributed by atoms with van der Waals surface area (Å²) in [6, 6.07) is 0. The summed E-state index contributed by atoms with van der Waals surface area (Å²) in [5, 5.41) is 0. The van der Waals surface area contributed by atoms with E-state index in [0.29, 0.717) is 0 Å². The smallest absolute Gasteiger partial charge is 0.0782 e. The van der Waals surface area contributed by atoms with Crippen molar-refractivity contribution < 1.29 is 21.5 Å². The first kappa shape index (κ1) is 24.0. The molecule has 0 unspecified atom stereocenters. The lowest BCUT2D eigenvalue weighted by Gasteiger charge is -2.30. The zero-order valence-corrected chi connectivity index (χ0v) is 17.2. The Hall–Kier alpha value is 0.730. The second-order valence-corrected chi connectivity index (χ2v) is 7.34. The van der Waals surface area contributed by atoms with Gasteiger partial charge >= 0.3 is 0 Å². The van der Waals surface area contributed by atoms with E-state index in [2.05, 4.69) is 21.0 Å². The fourth-order valence-corrected chi connectivity index (χ4v) is 2.96. The van der Waals surface area contributed by atoms with Gasteiger partial charge in [0.05, 0.1) is 27.2 Å². The average Bonchev–Trinajstić information content (AvgIpc) is 2.41. The van der Waals surface area contributed by atoms with Gasteiger partial charge in [0.25, 0.3) is 0 Å². The van der Waals surface area contributed by atoms with Crippen LogP contribution in [-0.2, 0) is 0 Å². The Bertz CT molecular complexity index is 198. The summed E-state index contributed by atoms with van der Waals surface area (Å²) in [5.41, 5.74) is 0. The molecule has 0 aliphatic rings. The van der Waals surface area contributed by atoms with Crippen LogP contribution in [-0.4, -0.2) is 37.5 Å². The number of unbranched alkanes of at least 4 members (excludes halogenated alkanes) is 10. The van der Waals surface area contributed by atoms with Crippen molar-refractivity contribution in [2.45, 2.75) is 84.0 Å². The van der Waals surface area contributed by atoms with E-state index in [1.165, 1.54) is 94.6 Å². The molecule has 0 bridgehead atoms. The fraction of sp³-hybridized carbons (Fsp3) is 1.00. The van der Waals surface area contributed by atoms with Crippen molar-refractivity contribution in [2.24, 2.45) is 0 Å². The maximum Gasteiger partial charge on any atom is 0.0782 e. The van der Waals surface area contributed by atoms with Gasteiger partial charge in [-0.15, -0.1) is 11.6 Å². The fourth-order valence-electron chi connectivity index (χ4n) is 2.77. The Morgan fingerprint density at radius 2 is 1.00 bits per heavy atom. The first-order valence-electron chi connectivity index (χ1n) is 9.00. The van der Waals surface area contributed by atoms with Gasteiger partial charge in [0.1, 0.15) is 0 Å². The molecule has 0 rings (SSSR count). The zero-order chi connectivity index (χ0) is 15.1.